The molecule has 0 spiro atoms. The molecule has 1 aromatic carbocycles. The molecule has 0 fully saturated rings. The maximum Gasteiger partial charge on any atom is 0.339 e. The lowest BCUT2D eigenvalue weighted by molar-refractivity contribution is -0.124. The first-order valence-corrected chi connectivity index (χ1v) is 8.86. The Labute approximate surface area is 161 Å². The standard InChI is InChI=1S/C20H19N5O3/c1-2-25-19-16(12-23-25)15(11-17(24-19)14-7-4-3-5-8-14)20(27)28-13-18(26)22-10-6-9-21/h3-5,7-8,11-12H,2,6,10,13H2,1H3,(H,22,26). The number of nitrogens with zero attached hydrogens (tertiary/aromatic N) is 4. The number of amides is 1. The molecule has 0 bridgehead atoms. The molecule has 8 nitrogen and oxygen atoms in total. The van der Waals surface area contributed by atoms with Crippen LogP contribution in [0.3, 0.4) is 0 Å². The molecule has 1 N–H and O–H groups in total. The largest absolute Gasteiger partial charge is 0.452 e. The van der Waals surface area contributed by atoms with E-state index >= 15 is 0 Å². The smallest absolute Gasteiger partial charge is 0.339 e. The quantitative estimate of drug-likeness (QED) is 0.500. The molecule has 0 atom stereocenters. The van der Waals surface area contributed by atoms with Crippen LogP contribution in [0.15, 0.2) is 42.6 Å². The number of benzene rings is 1. The Bertz CT molecular complexity index is 1040. The summed E-state index contributed by atoms with van der Waals surface area (Å²) in [5.74, 6) is -1.09. The van der Waals surface area contributed by atoms with Crippen LogP contribution in [0.4, 0.5) is 0 Å². The number of pyridine rings is 1. The maximum atomic E-state index is 12.7. The molecule has 3 aromatic rings. The van der Waals surface area contributed by atoms with Crippen LogP contribution < -0.4 is 5.32 Å². The van der Waals surface area contributed by atoms with E-state index in [1.54, 1.807) is 16.9 Å². The van der Waals surface area contributed by atoms with Gasteiger partial charge in [-0.05, 0) is 13.0 Å². The van der Waals surface area contributed by atoms with Gasteiger partial charge in [0.05, 0.1) is 35.3 Å². The minimum Gasteiger partial charge on any atom is -0.452 e. The van der Waals surface area contributed by atoms with Crippen LogP contribution in [-0.2, 0) is 16.1 Å². The Morgan fingerprint density at radius 3 is 2.79 bits per heavy atom. The van der Waals surface area contributed by atoms with Gasteiger partial charge in [-0.15, -0.1) is 0 Å². The van der Waals surface area contributed by atoms with Crippen molar-refractivity contribution in [2.45, 2.75) is 19.9 Å². The summed E-state index contributed by atoms with van der Waals surface area (Å²) >= 11 is 0. The second-order valence-electron chi connectivity index (χ2n) is 5.95. The zero-order chi connectivity index (χ0) is 19.9. The van der Waals surface area contributed by atoms with Crippen LogP contribution in [0.5, 0.6) is 0 Å². The third-order valence-corrected chi connectivity index (χ3v) is 4.09. The van der Waals surface area contributed by atoms with Crippen molar-refractivity contribution < 1.29 is 14.3 Å². The van der Waals surface area contributed by atoms with Crippen molar-refractivity contribution in [3.05, 3.63) is 48.2 Å². The van der Waals surface area contributed by atoms with Gasteiger partial charge < -0.3 is 10.1 Å². The molecule has 0 saturated carbocycles. The number of rotatable bonds is 7. The van der Waals surface area contributed by atoms with Gasteiger partial charge in [0, 0.05) is 18.7 Å². The molecule has 142 valence electrons. The molecule has 2 aromatic heterocycles. The third-order valence-electron chi connectivity index (χ3n) is 4.09. The highest BCUT2D eigenvalue weighted by Crippen LogP contribution is 2.25. The highest BCUT2D eigenvalue weighted by Gasteiger charge is 2.19. The second-order valence-corrected chi connectivity index (χ2v) is 5.95. The number of nitriles is 1. The number of carbonyl (C=O) groups excluding carboxylic acids is 2. The highest BCUT2D eigenvalue weighted by atomic mass is 16.5. The minimum atomic E-state index is -0.629. The molecule has 28 heavy (non-hydrogen) atoms. The van der Waals surface area contributed by atoms with E-state index < -0.39 is 18.5 Å². The first kappa shape index (κ1) is 19.0. The van der Waals surface area contributed by atoms with Crippen LogP contribution in [0, 0.1) is 11.3 Å². The van der Waals surface area contributed by atoms with E-state index in [1.165, 1.54) is 0 Å². The Morgan fingerprint density at radius 2 is 2.07 bits per heavy atom. The van der Waals surface area contributed by atoms with Gasteiger partial charge in [-0.1, -0.05) is 30.3 Å². The molecule has 2 heterocycles. The molecule has 1 amide bonds. The normalized spacial score (nSPS) is 10.4. The number of ether oxygens (including phenoxy) is 1. The number of hydrogen-bond acceptors (Lipinski definition) is 6. The highest BCUT2D eigenvalue weighted by molar-refractivity contribution is 6.04. The summed E-state index contributed by atoms with van der Waals surface area (Å²) in [4.78, 5) is 29.0. The lowest BCUT2D eigenvalue weighted by atomic mass is 10.1. The number of fused-ring (bicyclic) bond motifs is 1. The summed E-state index contributed by atoms with van der Waals surface area (Å²) in [5.41, 5.74) is 2.35. The fourth-order valence-corrected chi connectivity index (χ4v) is 2.72. The fraction of sp³-hybridized carbons (Fsp3) is 0.250. The summed E-state index contributed by atoms with van der Waals surface area (Å²) < 4.78 is 6.87. The van der Waals surface area contributed by atoms with Crippen molar-refractivity contribution in [3.63, 3.8) is 0 Å². The number of aryl methyl sites for hydroxylation is 1. The number of nitrogens with one attached hydrogen (secondary N) is 1. The molecule has 3 rings (SSSR count). The summed E-state index contributed by atoms with van der Waals surface area (Å²) in [6.07, 6.45) is 1.77. The Kier molecular flexibility index (Phi) is 5.97. The van der Waals surface area contributed by atoms with Gasteiger partial charge in [-0.3, -0.25) is 4.79 Å². The van der Waals surface area contributed by atoms with E-state index in [0.717, 1.165) is 5.56 Å². The Morgan fingerprint density at radius 1 is 1.29 bits per heavy atom. The van der Waals surface area contributed by atoms with Gasteiger partial charge >= 0.3 is 5.97 Å². The zero-order valence-electron chi connectivity index (χ0n) is 15.4. The van der Waals surface area contributed by atoms with Crippen molar-refractivity contribution in [1.82, 2.24) is 20.1 Å². The lowest BCUT2D eigenvalue weighted by Crippen LogP contribution is -2.29. The van der Waals surface area contributed by atoms with E-state index in [1.807, 2.05) is 43.3 Å². The summed E-state index contributed by atoms with van der Waals surface area (Å²) in [7, 11) is 0. The average Bonchev–Trinajstić information content (AvgIpc) is 3.15. The van der Waals surface area contributed by atoms with E-state index in [-0.39, 0.29) is 13.0 Å². The first-order valence-electron chi connectivity index (χ1n) is 8.86. The van der Waals surface area contributed by atoms with E-state index in [2.05, 4.69) is 15.4 Å². The van der Waals surface area contributed by atoms with Crippen LogP contribution >= 0.6 is 0 Å². The SMILES string of the molecule is CCn1ncc2c(C(=O)OCC(=O)NCCC#N)cc(-c3ccccc3)nc21. The molecule has 0 aliphatic heterocycles. The lowest BCUT2D eigenvalue weighted by Gasteiger charge is -2.09. The van der Waals surface area contributed by atoms with Gasteiger partial charge in [0.2, 0.25) is 0 Å². The van der Waals surface area contributed by atoms with Crippen LogP contribution in [-0.4, -0.2) is 39.8 Å². The van der Waals surface area contributed by atoms with Crippen LogP contribution in [0.25, 0.3) is 22.3 Å². The fourth-order valence-electron chi connectivity index (χ4n) is 2.72. The third kappa shape index (κ3) is 4.15. The molecule has 0 unspecified atom stereocenters. The zero-order valence-corrected chi connectivity index (χ0v) is 15.4. The van der Waals surface area contributed by atoms with Gasteiger partial charge in [0.15, 0.2) is 12.3 Å². The van der Waals surface area contributed by atoms with Crippen molar-refractivity contribution in [1.29, 1.82) is 5.26 Å². The van der Waals surface area contributed by atoms with Crippen molar-refractivity contribution in [2.75, 3.05) is 13.2 Å². The molecular formula is C20H19N5O3. The molecule has 8 heteroatoms. The predicted molar refractivity (Wildman–Crippen MR) is 102 cm³/mol. The van der Waals surface area contributed by atoms with Gasteiger partial charge in [-0.2, -0.15) is 10.4 Å². The van der Waals surface area contributed by atoms with Crippen molar-refractivity contribution >= 4 is 22.9 Å². The van der Waals surface area contributed by atoms with Crippen LogP contribution in [0.1, 0.15) is 23.7 Å². The number of aromatic nitrogens is 3. The second kappa shape index (κ2) is 8.77. The van der Waals surface area contributed by atoms with Crippen LogP contribution in [0.2, 0.25) is 0 Å². The van der Waals surface area contributed by atoms with Gasteiger partial charge in [-0.25, -0.2) is 14.5 Å². The Hall–Kier alpha value is -3.73. The summed E-state index contributed by atoms with van der Waals surface area (Å²) in [6.45, 7) is 2.34. The monoisotopic (exact) mass is 377 g/mol. The molecule has 0 aliphatic carbocycles. The van der Waals surface area contributed by atoms with E-state index in [4.69, 9.17) is 10.00 Å². The maximum absolute atomic E-state index is 12.7. The number of esters is 1. The topological polar surface area (TPSA) is 110 Å². The molecule has 0 radical (unpaired) electrons. The number of carbonyl (C=O) groups is 2. The first-order chi connectivity index (χ1) is 13.6. The average molecular weight is 377 g/mol. The molecular weight excluding hydrogens is 358 g/mol. The van der Waals surface area contributed by atoms with E-state index in [9.17, 15) is 9.59 Å². The summed E-state index contributed by atoms with van der Waals surface area (Å²) in [6, 6.07) is 13.1. The minimum absolute atomic E-state index is 0.196. The van der Waals surface area contributed by atoms with Gasteiger partial charge in [0.1, 0.15) is 0 Å². The van der Waals surface area contributed by atoms with Crippen molar-refractivity contribution in [2.24, 2.45) is 0 Å². The van der Waals surface area contributed by atoms with E-state index in [0.29, 0.717) is 28.8 Å². The Balaban J connectivity index is 1.89. The number of hydrogen-bond donors (Lipinski definition) is 1. The molecule has 0 saturated heterocycles. The summed E-state index contributed by atoms with van der Waals surface area (Å²) in [5, 5.41) is 15.8. The van der Waals surface area contributed by atoms with Gasteiger partial charge in [0.25, 0.3) is 5.91 Å². The van der Waals surface area contributed by atoms with Crippen molar-refractivity contribution in [3.8, 4) is 17.3 Å². The molecule has 0 aliphatic rings. The predicted octanol–water partition coefficient (Wildman–Crippen LogP) is 2.30.